The van der Waals surface area contributed by atoms with Crippen LogP contribution in [0.5, 0.6) is 0 Å². The number of hydrogen-bond acceptors (Lipinski definition) is 3. The van der Waals surface area contributed by atoms with E-state index in [9.17, 15) is 4.79 Å². The summed E-state index contributed by atoms with van der Waals surface area (Å²) in [6, 6.07) is 1.80. The quantitative estimate of drug-likeness (QED) is 0.743. The summed E-state index contributed by atoms with van der Waals surface area (Å²) >= 11 is 5.99. The number of hydrogen-bond donors (Lipinski definition) is 0. The van der Waals surface area contributed by atoms with E-state index in [1.54, 1.807) is 6.07 Å². The average Bonchev–Trinajstić information content (AvgIpc) is 2.73. The minimum Gasteiger partial charge on any atom is -0.334 e. The van der Waals surface area contributed by atoms with Crippen molar-refractivity contribution in [2.75, 3.05) is 6.54 Å². The van der Waals surface area contributed by atoms with Crippen molar-refractivity contribution in [2.24, 2.45) is 5.41 Å². The molecule has 1 saturated heterocycles. The fourth-order valence-electron chi connectivity index (χ4n) is 2.47. The number of amides is 1. The number of aromatic nitrogens is 2. The fourth-order valence-corrected chi connectivity index (χ4v) is 2.71. The molecule has 1 aliphatic heterocycles. The van der Waals surface area contributed by atoms with Crippen LogP contribution in [0.1, 0.15) is 51.2 Å². The maximum atomic E-state index is 12.5. The van der Waals surface area contributed by atoms with Crippen LogP contribution in [0, 0.1) is 12.3 Å². The van der Waals surface area contributed by atoms with Crippen LogP contribution in [-0.4, -0.2) is 27.3 Å². The lowest BCUT2D eigenvalue weighted by Crippen LogP contribution is -2.39. The summed E-state index contributed by atoms with van der Waals surface area (Å²) in [5.41, 5.74) is 0.488. The zero-order valence-corrected chi connectivity index (χ0v) is 12.7. The van der Waals surface area contributed by atoms with Gasteiger partial charge in [0.1, 0.15) is 11.0 Å². The second kappa shape index (κ2) is 5.08. The molecule has 0 aliphatic carbocycles. The van der Waals surface area contributed by atoms with Crippen LogP contribution in [-0.2, 0) is 4.79 Å². The van der Waals surface area contributed by atoms with Gasteiger partial charge in [-0.25, -0.2) is 9.97 Å². The Kier molecular flexibility index (Phi) is 3.81. The first-order valence-corrected chi connectivity index (χ1v) is 6.99. The lowest BCUT2D eigenvalue weighted by Gasteiger charge is -2.30. The van der Waals surface area contributed by atoms with Crippen molar-refractivity contribution in [1.29, 1.82) is 0 Å². The molecular weight excluding hydrogens is 262 g/mol. The molecule has 5 heteroatoms. The number of aryl methyl sites for hydroxylation is 1. The van der Waals surface area contributed by atoms with Crippen molar-refractivity contribution in [3.8, 4) is 0 Å². The standard InChI is InChI=1S/C14H20ClN3O/c1-9-16-10(8-12(15)17-9)11-6-5-7-18(11)13(19)14(2,3)4/h8,11H,5-7H2,1-4H3. The van der Waals surface area contributed by atoms with Gasteiger partial charge < -0.3 is 4.90 Å². The summed E-state index contributed by atoms with van der Waals surface area (Å²) in [5, 5.41) is 0.442. The first kappa shape index (κ1) is 14.3. The first-order chi connectivity index (χ1) is 8.79. The topological polar surface area (TPSA) is 46.1 Å². The lowest BCUT2D eigenvalue weighted by atomic mass is 9.94. The summed E-state index contributed by atoms with van der Waals surface area (Å²) in [6.07, 6.45) is 1.95. The Morgan fingerprint density at radius 1 is 1.42 bits per heavy atom. The van der Waals surface area contributed by atoms with Gasteiger partial charge in [0, 0.05) is 12.0 Å². The van der Waals surface area contributed by atoms with E-state index < -0.39 is 0 Å². The number of likely N-dealkylation sites (tertiary alicyclic amines) is 1. The molecule has 4 nitrogen and oxygen atoms in total. The maximum absolute atomic E-state index is 12.5. The number of carbonyl (C=O) groups excluding carboxylic acids is 1. The van der Waals surface area contributed by atoms with Crippen molar-refractivity contribution in [3.63, 3.8) is 0 Å². The number of rotatable bonds is 1. The maximum Gasteiger partial charge on any atom is 0.228 e. The first-order valence-electron chi connectivity index (χ1n) is 6.61. The summed E-state index contributed by atoms with van der Waals surface area (Å²) in [4.78, 5) is 22.9. The van der Waals surface area contributed by atoms with Crippen LogP contribution in [0.3, 0.4) is 0 Å². The highest BCUT2D eigenvalue weighted by molar-refractivity contribution is 6.29. The Morgan fingerprint density at radius 2 is 2.11 bits per heavy atom. The van der Waals surface area contributed by atoms with Gasteiger partial charge in [0.25, 0.3) is 0 Å². The predicted molar refractivity (Wildman–Crippen MR) is 74.9 cm³/mol. The van der Waals surface area contributed by atoms with Crippen LogP contribution in [0.4, 0.5) is 0 Å². The molecule has 1 aromatic rings. The second-order valence-corrected chi connectivity index (χ2v) is 6.46. The van der Waals surface area contributed by atoms with E-state index in [-0.39, 0.29) is 17.4 Å². The normalized spacial score (nSPS) is 19.8. The third kappa shape index (κ3) is 3.06. The van der Waals surface area contributed by atoms with Crippen LogP contribution in [0.2, 0.25) is 5.15 Å². The second-order valence-electron chi connectivity index (χ2n) is 6.07. The zero-order valence-electron chi connectivity index (χ0n) is 11.9. The summed E-state index contributed by atoms with van der Waals surface area (Å²) in [7, 11) is 0. The summed E-state index contributed by atoms with van der Waals surface area (Å²) < 4.78 is 0. The highest BCUT2D eigenvalue weighted by atomic mass is 35.5. The number of carbonyl (C=O) groups is 1. The van der Waals surface area contributed by atoms with Gasteiger partial charge in [-0.05, 0) is 25.8 Å². The Labute approximate surface area is 119 Å². The number of nitrogens with zero attached hydrogens (tertiary/aromatic N) is 3. The minimum absolute atomic E-state index is 0.0333. The molecule has 1 fully saturated rings. The fraction of sp³-hybridized carbons (Fsp3) is 0.643. The zero-order chi connectivity index (χ0) is 14.2. The van der Waals surface area contributed by atoms with Crippen molar-refractivity contribution in [3.05, 3.63) is 22.7 Å². The van der Waals surface area contributed by atoms with E-state index in [1.165, 1.54) is 0 Å². The smallest absolute Gasteiger partial charge is 0.228 e. The predicted octanol–water partition coefficient (Wildman–Crippen LogP) is 3.15. The molecule has 0 spiro atoms. The van der Waals surface area contributed by atoms with Gasteiger partial charge in [-0.2, -0.15) is 0 Å². The van der Waals surface area contributed by atoms with Gasteiger partial charge in [0.05, 0.1) is 11.7 Å². The molecule has 1 amide bonds. The van der Waals surface area contributed by atoms with Gasteiger partial charge in [-0.15, -0.1) is 0 Å². The van der Waals surface area contributed by atoms with Crippen molar-refractivity contribution >= 4 is 17.5 Å². The molecular formula is C14H20ClN3O. The largest absolute Gasteiger partial charge is 0.334 e. The highest BCUT2D eigenvalue weighted by Crippen LogP contribution is 2.34. The van der Waals surface area contributed by atoms with Gasteiger partial charge in [0.2, 0.25) is 5.91 Å². The van der Waals surface area contributed by atoms with Crippen molar-refractivity contribution in [2.45, 2.75) is 46.6 Å². The molecule has 1 aliphatic rings. The molecule has 0 radical (unpaired) electrons. The molecule has 1 aromatic heterocycles. The SMILES string of the molecule is Cc1nc(Cl)cc(C2CCCN2C(=O)C(C)(C)C)n1. The molecule has 0 N–H and O–H groups in total. The van der Waals surface area contributed by atoms with Crippen molar-refractivity contribution < 1.29 is 4.79 Å². The van der Waals surface area contributed by atoms with Crippen molar-refractivity contribution in [1.82, 2.24) is 14.9 Å². The van der Waals surface area contributed by atoms with Crippen LogP contribution in [0.25, 0.3) is 0 Å². The molecule has 0 bridgehead atoms. The third-order valence-electron chi connectivity index (χ3n) is 3.32. The van der Waals surface area contributed by atoms with E-state index >= 15 is 0 Å². The van der Waals surface area contributed by atoms with E-state index in [4.69, 9.17) is 11.6 Å². The van der Waals surface area contributed by atoms with E-state index in [0.717, 1.165) is 25.1 Å². The Bertz CT molecular complexity index is 476. The van der Waals surface area contributed by atoms with E-state index in [1.807, 2.05) is 32.6 Å². The number of halogens is 1. The van der Waals surface area contributed by atoms with Gasteiger partial charge >= 0.3 is 0 Å². The molecule has 1 atom stereocenters. The van der Waals surface area contributed by atoms with E-state index in [0.29, 0.717) is 11.0 Å². The van der Waals surface area contributed by atoms with Gasteiger partial charge in [0.15, 0.2) is 0 Å². The summed E-state index contributed by atoms with van der Waals surface area (Å²) in [5.74, 6) is 0.819. The van der Waals surface area contributed by atoms with Gasteiger partial charge in [-0.3, -0.25) is 4.79 Å². The van der Waals surface area contributed by atoms with Crippen LogP contribution in [0.15, 0.2) is 6.07 Å². The molecule has 19 heavy (non-hydrogen) atoms. The van der Waals surface area contributed by atoms with Gasteiger partial charge in [-0.1, -0.05) is 32.4 Å². The average molecular weight is 282 g/mol. The molecule has 104 valence electrons. The Morgan fingerprint density at radius 3 is 2.68 bits per heavy atom. The van der Waals surface area contributed by atoms with Crippen LogP contribution >= 0.6 is 11.6 Å². The molecule has 1 unspecified atom stereocenters. The van der Waals surface area contributed by atoms with E-state index in [2.05, 4.69) is 9.97 Å². The highest BCUT2D eigenvalue weighted by Gasteiger charge is 2.36. The van der Waals surface area contributed by atoms with Crippen LogP contribution < -0.4 is 0 Å². The Balaban J connectivity index is 2.31. The summed E-state index contributed by atoms with van der Waals surface area (Å²) in [6.45, 7) is 8.45. The monoisotopic (exact) mass is 281 g/mol. The third-order valence-corrected chi connectivity index (χ3v) is 3.52. The molecule has 2 heterocycles. The molecule has 0 aromatic carbocycles. The molecule has 2 rings (SSSR count). The molecule has 0 saturated carbocycles. The minimum atomic E-state index is -0.367. The Hall–Kier alpha value is -1.16. The lowest BCUT2D eigenvalue weighted by molar-refractivity contribution is -0.140.